The van der Waals surface area contributed by atoms with Gasteiger partial charge in [-0.3, -0.25) is 18.6 Å². The van der Waals surface area contributed by atoms with Crippen LogP contribution in [0.5, 0.6) is 0 Å². The predicted octanol–water partition coefficient (Wildman–Crippen LogP) is 3.73. The van der Waals surface area contributed by atoms with E-state index in [1.54, 1.807) is 32.4 Å². The summed E-state index contributed by atoms with van der Waals surface area (Å²) in [5, 5.41) is 20.0. The average Bonchev–Trinajstić information content (AvgIpc) is 3.76. The van der Waals surface area contributed by atoms with Crippen LogP contribution in [0.25, 0.3) is 0 Å². The molecule has 4 atom stereocenters. The topological polar surface area (TPSA) is 183 Å². The molecule has 14 heteroatoms. The minimum absolute atomic E-state index is 0.106. The van der Waals surface area contributed by atoms with Crippen molar-refractivity contribution >= 4 is 19.6 Å². The molecular formula is C31H46N7O6P. The lowest BCUT2D eigenvalue weighted by molar-refractivity contribution is -0.130. The van der Waals surface area contributed by atoms with Crippen LogP contribution in [-0.2, 0) is 36.0 Å². The number of nitrogens with zero attached hydrogens (tertiary/aromatic N) is 2. The van der Waals surface area contributed by atoms with Crippen LogP contribution in [0.4, 0.5) is 0 Å². The van der Waals surface area contributed by atoms with Crippen LogP contribution in [0, 0.1) is 5.92 Å². The first-order valence-electron chi connectivity index (χ1n) is 15.8. The number of aromatic amines is 2. The summed E-state index contributed by atoms with van der Waals surface area (Å²) in [5.41, 5.74) is 1.45. The van der Waals surface area contributed by atoms with E-state index in [9.17, 15) is 19.3 Å². The lowest BCUT2D eigenvalue weighted by Gasteiger charge is -2.31. The standard InChI is InChI=1S/C31H46N7O6P/c1-3-43-45(42,44-4-2)38-27(18-23-13-9-6-10-14-23)31(41)37-26(19-24-20-32-21-35-24)30(40)36-25(17-22-11-7-5-8-12-22)28(39)29-33-15-16-34-29/h6,9-10,13-16,20-22,25-28,39H,3-5,7-8,11-12,17-19H2,1-2H3,(H,32,35)(H,33,34)(H,36,40)(H,37,41)(H,38,42)/t25-,26-,27-,28+/m0/s1. The van der Waals surface area contributed by atoms with Gasteiger partial charge in [0.05, 0.1) is 25.6 Å². The summed E-state index contributed by atoms with van der Waals surface area (Å²) >= 11 is 0. The number of aromatic nitrogens is 4. The third kappa shape index (κ3) is 10.6. The number of nitrogens with one attached hydrogen (secondary N) is 5. The summed E-state index contributed by atoms with van der Waals surface area (Å²) in [7, 11) is -3.85. The number of imidazole rings is 2. The van der Waals surface area contributed by atoms with E-state index in [1.165, 1.54) is 12.7 Å². The van der Waals surface area contributed by atoms with Crippen LogP contribution in [-0.4, -0.2) is 68.2 Å². The van der Waals surface area contributed by atoms with Crippen molar-refractivity contribution in [2.75, 3.05) is 13.2 Å². The number of carbonyl (C=O) groups excluding carboxylic acids is 2. The fourth-order valence-electron chi connectivity index (χ4n) is 5.75. The molecule has 0 radical (unpaired) electrons. The van der Waals surface area contributed by atoms with E-state index in [1.807, 2.05) is 30.3 Å². The summed E-state index contributed by atoms with van der Waals surface area (Å²) in [6.45, 7) is 3.58. The largest absolute Gasteiger partial charge is 0.406 e. The SMILES string of the molecule is CCOP(=O)(N[C@@H](Cc1ccccc1)C(=O)N[C@@H](Cc1cnc[nH]1)C(=O)N[C@@H](CC1CCCCC1)[C@@H](O)c1ncc[nH]1)OCC. The molecule has 45 heavy (non-hydrogen) atoms. The van der Waals surface area contributed by atoms with Crippen LogP contribution >= 0.6 is 7.75 Å². The van der Waals surface area contributed by atoms with E-state index in [0.29, 0.717) is 23.9 Å². The molecule has 0 saturated heterocycles. The monoisotopic (exact) mass is 643 g/mol. The summed E-state index contributed by atoms with van der Waals surface area (Å²) in [6.07, 6.45) is 11.5. The van der Waals surface area contributed by atoms with Crippen LogP contribution in [0.3, 0.4) is 0 Å². The fourth-order valence-corrected chi connectivity index (χ4v) is 7.24. The second kappa shape index (κ2) is 17.4. The first-order valence-corrected chi connectivity index (χ1v) is 17.3. The van der Waals surface area contributed by atoms with E-state index in [0.717, 1.165) is 31.2 Å². The highest BCUT2D eigenvalue weighted by atomic mass is 31.2. The van der Waals surface area contributed by atoms with Gasteiger partial charge in [0.15, 0.2) is 0 Å². The van der Waals surface area contributed by atoms with Crippen molar-refractivity contribution in [3.8, 4) is 0 Å². The van der Waals surface area contributed by atoms with E-state index in [4.69, 9.17) is 9.05 Å². The number of rotatable bonds is 18. The number of aliphatic hydroxyl groups excluding tert-OH is 1. The van der Waals surface area contributed by atoms with Gasteiger partial charge >= 0.3 is 7.75 Å². The maximum absolute atomic E-state index is 14.0. The van der Waals surface area contributed by atoms with Crippen molar-refractivity contribution < 1.29 is 28.3 Å². The summed E-state index contributed by atoms with van der Waals surface area (Å²) in [4.78, 5) is 42.1. The second-order valence-electron chi connectivity index (χ2n) is 11.3. The van der Waals surface area contributed by atoms with E-state index in [-0.39, 0.29) is 26.1 Å². The first kappa shape index (κ1) is 34.5. The van der Waals surface area contributed by atoms with E-state index in [2.05, 4.69) is 35.7 Å². The summed E-state index contributed by atoms with van der Waals surface area (Å²) in [5.74, 6) is -0.325. The Morgan fingerprint density at radius 1 is 1.00 bits per heavy atom. The first-order chi connectivity index (χ1) is 21.8. The Labute approximate surface area is 264 Å². The molecule has 2 amide bonds. The van der Waals surface area contributed by atoms with Crippen LogP contribution < -0.4 is 15.7 Å². The molecule has 1 aliphatic rings. The number of H-pyrrole nitrogens is 2. The fraction of sp³-hybridized carbons (Fsp3) is 0.548. The third-order valence-electron chi connectivity index (χ3n) is 7.94. The minimum Gasteiger partial charge on any atom is -0.383 e. The Hall–Kier alpha value is -3.35. The molecule has 0 spiro atoms. The number of carbonyl (C=O) groups is 2. The lowest BCUT2D eigenvalue weighted by Crippen LogP contribution is -2.56. The molecule has 0 unspecified atom stereocenters. The summed E-state index contributed by atoms with van der Waals surface area (Å²) in [6, 6.07) is 6.53. The molecule has 3 aromatic rings. The molecule has 2 heterocycles. The van der Waals surface area contributed by atoms with Crippen LogP contribution in [0.1, 0.15) is 75.6 Å². The number of amides is 2. The van der Waals surface area contributed by atoms with E-state index < -0.39 is 43.8 Å². The van der Waals surface area contributed by atoms with E-state index >= 15 is 0 Å². The van der Waals surface area contributed by atoms with Crippen molar-refractivity contribution in [1.29, 1.82) is 0 Å². The molecule has 0 bridgehead atoms. The number of aliphatic hydroxyl groups is 1. The zero-order valence-corrected chi connectivity index (χ0v) is 26.9. The maximum atomic E-state index is 14.0. The van der Waals surface area contributed by atoms with Gasteiger partial charge in [-0.25, -0.2) is 19.6 Å². The third-order valence-corrected chi connectivity index (χ3v) is 9.77. The molecule has 246 valence electrons. The molecule has 6 N–H and O–H groups in total. The zero-order valence-electron chi connectivity index (χ0n) is 26.0. The van der Waals surface area contributed by atoms with Gasteiger partial charge in [-0.05, 0) is 38.2 Å². The van der Waals surface area contributed by atoms with Crippen molar-refractivity contribution in [3.63, 3.8) is 0 Å². The second-order valence-corrected chi connectivity index (χ2v) is 13.1. The number of hydrogen-bond acceptors (Lipinski definition) is 8. The zero-order chi connectivity index (χ0) is 32.1. The highest BCUT2D eigenvalue weighted by Gasteiger charge is 2.35. The molecular weight excluding hydrogens is 597 g/mol. The molecule has 2 aromatic heterocycles. The average molecular weight is 644 g/mol. The molecule has 1 aliphatic carbocycles. The van der Waals surface area contributed by atoms with Gasteiger partial charge in [-0.1, -0.05) is 62.4 Å². The molecule has 1 fully saturated rings. The number of benzene rings is 1. The predicted molar refractivity (Wildman–Crippen MR) is 169 cm³/mol. The Morgan fingerprint density at radius 3 is 2.33 bits per heavy atom. The Kier molecular flexibility index (Phi) is 13.3. The minimum atomic E-state index is -3.85. The Balaban J connectivity index is 1.57. The van der Waals surface area contributed by atoms with Gasteiger partial charge in [0.2, 0.25) is 11.8 Å². The Morgan fingerprint density at radius 2 is 1.71 bits per heavy atom. The van der Waals surface area contributed by atoms with Gasteiger partial charge in [-0.15, -0.1) is 0 Å². The van der Waals surface area contributed by atoms with Gasteiger partial charge in [0.1, 0.15) is 24.0 Å². The highest BCUT2D eigenvalue weighted by Crippen LogP contribution is 2.44. The van der Waals surface area contributed by atoms with Crippen LogP contribution in [0.15, 0.2) is 55.2 Å². The molecule has 1 aromatic carbocycles. The van der Waals surface area contributed by atoms with Gasteiger partial charge in [0.25, 0.3) is 0 Å². The smallest absolute Gasteiger partial charge is 0.383 e. The van der Waals surface area contributed by atoms with Crippen molar-refractivity contribution in [3.05, 3.63) is 72.3 Å². The normalized spacial score (nSPS) is 16.9. The highest BCUT2D eigenvalue weighted by molar-refractivity contribution is 7.51. The van der Waals surface area contributed by atoms with Gasteiger partial charge in [-0.2, -0.15) is 0 Å². The number of hydrogen-bond donors (Lipinski definition) is 6. The molecule has 4 rings (SSSR count). The molecule has 13 nitrogen and oxygen atoms in total. The summed E-state index contributed by atoms with van der Waals surface area (Å²) < 4.78 is 24.3. The molecule has 1 saturated carbocycles. The maximum Gasteiger partial charge on any atom is 0.406 e. The lowest BCUT2D eigenvalue weighted by atomic mass is 9.83. The van der Waals surface area contributed by atoms with Gasteiger partial charge < -0.3 is 25.7 Å². The van der Waals surface area contributed by atoms with Crippen molar-refractivity contribution in [1.82, 2.24) is 35.7 Å². The van der Waals surface area contributed by atoms with Crippen molar-refractivity contribution in [2.24, 2.45) is 5.92 Å². The van der Waals surface area contributed by atoms with Gasteiger partial charge in [0, 0.05) is 30.7 Å². The van der Waals surface area contributed by atoms with Crippen molar-refractivity contribution in [2.45, 2.75) is 89.4 Å². The quantitative estimate of drug-likeness (QED) is 0.113. The molecule has 0 aliphatic heterocycles. The Bertz CT molecular complexity index is 1330. The van der Waals surface area contributed by atoms with Crippen LogP contribution in [0.2, 0.25) is 0 Å².